The molecule has 0 aliphatic heterocycles. The molecule has 2 aromatic carbocycles. The molecule has 298 valence electrons. The molecule has 1 amide bonds. The maximum Gasteiger partial charge on any atom is 0.407 e. The van der Waals surface area contributed by atoms with Gasteiger partial charge < -0.3 is 24.6 Å². The van der Waals surface area contributed by atoms with Crippen LogP contribution in [0.4, 0.5) is 4.79 Å². The van der Waals surface area contributed by atoms with Gasteiger partial charge in [0.05, 0.1) is 12.7 Å². The van der Waals surface area contributed by atoms with E-state index in [0.717, 1.165) is 41.7 Å². The van der Waals surface area contributed by atoms with Crippen molar-refractivity contribution in [2.75, 3.05) is 37.9 Å². The van der Waals surface area contributed by atoms with Gasteiger partial charge >= 0.3 is 12.1 Å². The second-order valence-electron chi connectivity index (χ2n) is 14.8. The van der Waals surface area contributed by atoms with Crippen molar-refractivity contribution in [2.45, 2.75) is 160 Å². The largest absolute Gasteiger partial charge is 0.480 e. The van der Waals surface area contributed by atoms with Crippen molar-refractivity contribution >= 4 is 23.8 Å². The molecule has 0 aromatic heterocycles. The van der Waals surface area contributed by atoms with Crippen LogP contribution in [0, 0.1) is 0 Å². The fourth-order valence-corrected chi connectivity index (χ4v) is 8.22. The van der Waals surface area contributed by atoms with Crippen LogP contribution in [0.3, 0.4) is 0 Å². The Morgan fingerprint density at radius 1 is 0.660 bits per heavy atom. The maximum absolute atomic E-state index is 12.9. The van der Waals surface area contributed by atoms with Crippen LogP contribution < -0.4 is 5.32 Å². The van der Waals surface area contributed by atoms with Crippen LogP contribution in [0.25, 0.3) is 11.1 Å². The van der Waals surface area contributed by atoms with E-state index in [1.54, 1.807) is 0 Å². The lowest BCUT2D eigenvalue weighted by atomic mass is 9.98. The summed E-state index contributed by atoms with van der Waals surface area (Å²) in [5.74, 6) is -0.340. The summed E-state index contributed by atoms with van der Waals surface area (Å²) in [5.41, 5.74) is 4.53. The van der Waals surface area contributed by atoms with Crippen molar-refractivity contribution in [3.63, 3.8) is 0 Å². The summed E-state index contributed by atoms with van der Waals surface area (Å²) in [7, 11) is 0. The summed E-state index contributed by atoms with van der Waals surface area (Å²) in [5, 5.41) is 12.5. The Kier molecular flexibility index (Phi) is 24.4. The third-order valence-electron chi connectivity index (χ3n) is 10.3. The number of unbranched alkanes of at least 4 members (excludes halogenated alkanes) is 18. The van der Waals surface area contributed by atoms with Gasteiger partial charge in [0.15, 0.2) is 0 Å². The number of fused-ring (bicyclic) bond motifs is 3. The van der Waals surface area contributed by atoms with Gasteiger partial charge in [0.2, 0.25) is 0 Å². The van der Waals surface area contributed by atoms with Gasteiger partial charge in [-0.3, -0.25) is 0 Å². The number of thioether (sulfide) groups is 1. The van der Waals surface area contributed by atoms with Crippen LogP contribution in [-0.4, -0.2) is 67.2 Å². The van der Waals surface area contributed by atoms with E-state index >= 15 is 0 Å². The van der Waals surface area contributed by atoms with E-state index in [9.17, 15) is 14.7 Å². The topological polar surface area (TPSA) is 94.1 Å². The van der Waals surface area contributed by atoms with Crippen molar-refractivity contribution in [3.8, 4) is 11.1 Å². The van der Waals surface area contributed by atoms with Crippen molar-refractivity contribution in [1.29, 1.82) is 0 Å². The van der Waals surface area contributed by atoms with Gasteiger partial charge in [-0.15, -0.1) is 0 Å². The first-order valence-corrected chi connectivity index (χ1v) is 22.3. The zero-order valence-electron chi connectivity index (χ0n) is 33.1. The van der Waals surface area contributed by atoms with Crippen molar-refractivity contribution in [1.82, 2.24) is 5.32 Å². The van der Waals surface area contributed by atoms with Crippen LogP contribution in [0.15, 0.2) is 48.5 Å². The summed E-state index contributed by atoms with van der Waals surface area (Å²) in [6, 6.07) is 15.2. The van der Waals surface area contributed by atoms with Crippen molar-refractivity contribution in [3.05, 3.63) is 59.7 Å². The maximum atomic E-state index is 12.9. The summed E-state index contributed by atoms with van der Waals surface area (Å²) in [4.78, 5) is 25.0. The summed E-state index contributed by atoms with van der Waals surface area (Å²) < 4.78 is 18.0. The highest BCUT2D eigenvalue weighted by atomic mass is 32.2. The van der Waals surface area contributed by atoms with Crippen LogP contribution >= 0.6 is 11.8 Å². The minimum atomic E-state index is -1.08. The first-order chi connectivity index (χ1) is 26.0. The number of amides is 1. The molecule has 1 aliphatic carbocycles. The lowest BCUT2D eigenvalue weighted by molar-refractivity contribution is -0.138. The molecule has 0 spiro atoms. The van der Waals surface area contributed by atoms with Gasteiger partial charge in [-0.1, -0.05) is 178 Å². The van der Waals surface area contributed by atoms with Crippen LogP contribution in [0.1, 0.15) is 159 Å². The number of benzene rings is 2. The third-order valence-corrected chi connectivity index (χ3v) is 11.5. The number of rotatable bonds is 33. The highest BCUT2D eigenvalue weighted by Gasteiger charge is 2.30. The van der Waals surface area contributed by atoms with Gasteiger partial charge in [0, 0.05) is 30.6 Å². The molecule has 8 heteroatoms. The van der Waals surface area contributed by atoms with E-state index in [0.29, 0.717) is 19.0 Å². The van der Waals surface area contributed by atoms with Crippen LogP contribution in [-0.2, 0) is 19.0 Å². The molecule has 2 aromatic rings. The fraction of sp³-hybridized carbons (Fsp3) is 0.689. The third kappa shape index (κ3) is 18.6. The van der Waals surface area contributed by atoms with Gasteiger partial charge in [-0.05, 0) is 35.1 Å². The van der Waals surface area contributed by atoms with Gasteiger partial charge in [-0.2, -0.15) is 11.8 Å². The Hall–Kier alpha value is -2.55. The summed E-state index contributed by atoms with van der Waals surface area (Å²) >= 11 is 1.48. The zero-order chi connectivity index (χ0) is 37.8. The number of alkyl carbamates (subject to hydrolysis) is 1. The second kappa shape index (κ2) is 28.8. The molecular formula is C45H71NO6S. The van der Waals surface area contributed by atoms with Gasteiger partial charge in [0.25, 0.3) is 0 Å². The van der Waals surface area contributed by atoms with E-state index < -0.39 is 18.1 Å². The highest BCUT2D eigenvalue weighted by molar-refractivity contribution is 7.99. The minimum Gasteiger partial charge on any atom is -0.480 e. The Morgan fingerprint density at radius 2 is 1.13 bits per heavy atom. The smallest absolute Gasteiger partial charge is 0.407 e. The number of hydrogen-bond donors (Lipinski definition) is 2. The fourth-order valence-electron chi connectivity index (χ4n) is 7.16. The van der Waals surface area contributed by atoms with Crippen molar-refractivity contribution in [2.24, 2.45) is 0 Å². The Morgan fingerprint density at radius 3 is 1.64 bits per heavy atom. The number of hydrogen-bond acceptors (Lipinski definition) is 6. The Bertz CT molecular complexity index is 1210. The predicted molar refractivity (Wildman–Crippen MR) is 221 cm³/mol. The zero-order valence-corrected chi connectivity index (χ0v) is 33.9. The van der Waals surface area contributed by atoms with Crippen LogP contribution in [0.2, 0.25) is 0 Å². The molecule has 0 bridgehead atoms. The number of aliphatic carboxylic acids is 1. The molecule has 0 radical (unpaired) electrons. The molecule has 0 saturated carbocycles. The lowest BCUT2D eigenvalue weighted by Crippen LogP contribution is -2.43. The number of nitrogens with one attached hydrogen (secondary N) is 1. The first-order valence-electron chi connectivity index (χ1n) is 21.2. The molecule has 2 N–H and O–H groups in total. The number of carbonyl (C=O) groups excluding carboxylic acids is 1. The quantitative estimate of drug-likeness (QED) is 0.0701. The average molecular weight is 754 g/mol. The van der Waals surface area contributed by atoms with E-state index in [-0.39, 0.29) is 24.4 Å². The average Bonchev–Trinajstić information content (AvgIpc) is 3.49. The lowest BCUT2D eigenvalue weighted by Gasteiger charge is -2.20. The molecule has 0 heterocycles. The Balaban J connectivity index is 1.37. The van der Waals surface area contributed by atoms with Crippen LogP contribution in [0.5, 0.6) is 0 Å². The first kappa shape index (κ1) is 44.8. The molecule has 0 unspecified atom stereocenters. The molecule has 1 aliphatic rings. The number of carboxylic acids is 1. The minimum absolute atomic E-state index is 0.0837. The van der Waals surface area contributed by atoms with E-state index in [2.05, 4.69) is 43.4 Å². The standard InChI is InChI=1S/C45H71NO6S/c1-3-5-7-9-11-13-15-17-19-25-31-50-33-37(51-32-26-20-18-16-14-12-10-8-6-4-2)35-53-36-43(44(47)48)46-45(49)52-34-42-40-29-23-21-27-38(40)39-28-22-24-30-41(39)42/h21-24,27-30,37,42-43H,3-20,25-26,31-36H2,1-2H3,(H,46,49)(H,47,48)/t37-,43+/m1/s1. The Labute approximate surface area is 326 Å². The molecule has 0 fully saturated rings. The van der Waals surface area contributed by atoms with E-state index in [1.165, 1.54) is 127 Å². The van der Waals surface area contributed by atoms with Crippen molar-refractivity contribution < 1.29 is 28.9 Å². The number of ether oxygens (including phenoxy) is 3. The van der Waals surface area contributed by atoms with Gasteiger partial charge in [-0.25, -0.2) is 9.59 Å². The number of carbonyl (C=O) groups is 2. The summed E-state index contributed by atoms with van der Waals surface area (Å²) in [6.45, 7) is 6.57. The number of carboxylic acid groups (broad SMARTS) is 1. The normalized spacial score (nSPS) is 13.4. The molecule has 53 heavy (non-hydrogen) atoms. The monoisotopic (exact) mass is 754 g/mol. The molecule has 0 saturated heterocycles. The summed E-state index contributed by atoms with van der Waals surface area (Å²) in [6.07, 6.45) is 24.8. The van der Waals surface area contributed by atoms with E-state index in [1.807, 2.05) is 24.3 Å². The second-order valence-corrected chi connectivity index (χ2v) is 15.9. The van der Waals surface area contributed by atoms with Gasteiger partial charge in [0.1, 0.15) is 12.6 Å². The molecular weight excluding hydrogens is 683 g/mol. The SMILES string of the molecule is CCCCCCCCCCCCOC[C@H](CSC[C@H](NC(=O)OCC1c2ccccc2-c2ccccc21)C(=O)O)OCCCCCCCCCCCC. The molecule has 7 nitrogen and oxygen atoms in total. The molecule has 2 atom stereocenters. The predicted octanol–water partition coefficient (Wildman–Crippen LogP) is 12.0. The molecule has 3 rings (SSSR count). The highest BCUT2D eigenvalue weighted by Crippen LogP contribution is 2.44. The van der Waals surface area contributed by atoms with E-state index in [4.69, 9.17) is 14.2 Å².